The van der Waals surface area contributed by atoms with Crippen molar-refractivity contribution in [2.45, 2.75) is 13.5 Å². The van der Waals surface area contributed by atoms with Gasteiger partial charge in [-0.3, -0.25) is 0 Å². The predicted octanol–water partition coefficient (Wildman–Crippen LogP) is -0.309. The maximum atomic E-state index is 11.9. The SMILES string of the molecule is Cc1nc(CNS(=O)(=O)N2CCNCC2)cs1. The molecule has 1 aromatic rings. The van der Waals surface area contributed by atoms with Crippen molar-refractivity contribution in [2.24, 2.45) is 0 Å². The minimum Gasteiger partial charge on any atom is -0.314 e. The van der Waals surface area contributed by atoms with E-state index < -0.39 is 10.2 Å². The first kappa shape index (κ1) is 12.9. The fraction of sp³-hybridized carbons (Fsp3) is 0.667. The zero-order chi connectivity index (χ0) is 12.3. The van der Waals surface area contributed by atoms with Crippen LogP contribution in [0.5, 0.6) is 0 Å². The van der Waals surface area contributed by atoms with Gasteiger partial charge in [0.15, 0.2) is 0 Å². The van der Waals surface area contributed by atoms with Crippen LogP contribution in [0, 0.1) is 6.92 Å². The molecule has 0 aromatic carbocycles. The van der Waals surface area contributed by atoms with Crippen LogP contribution in [0.1, 0.15) is 10.7 Å². The molecule has 96 valence electrons. The van der Waals surface area contributed by atoms with Crippen LogP contribution in [0.2, 0.25) is 0 Å². The Balaban J connectivity index is 1.92. The van der Waals surface area contributed by atoms with E-state index in [0.717, 1.165) is 10.7 Å². The van der Waals surface area contributed by atoms with Crippen LogP contribution in [-0.2, 0) is 16.8 Å². The summed E-state index contributed by atoms with van der Waals surface area (Å²) < 4.78 is 27.9. The molecule has 0 saturated carbocycles. The molecule has 8 heteroatoms. The Kier molecular flexibility index (Phi) is 4.10. The molecule has 2 N–H and O–H groups in total. The summed E-state index contributed by atoms with van der Waals surface area (Å²) in [7, 11) is -3.36. The fourth-order valence-corrected chi connectivity index (χ4v) is 3.42. The molecule has 0 bridgehead atoms. The summed E-state index contributed by atoms with van der Waals surface area (Å²) in [4.78, 5) is 4.22. The number of nitrogens with one attached hydrogen (secondary N) is 2. The third-order valence-corrected chi connectivity index (χ3v) is 4.89. The maximum absolute atomic E-state index is 11.9. The summed E-state index contributed by atoms with van der Waals surface area (Å²) >= 11 is 1.52. The van der Waals surface area contributed by atoms with Gasteiger partial charge in [-0.15, -0.1) is 11.3 Å². The third-order valence-electron chi connectivity index (χ3n) is 2.52. The van der Waals surface area contributed by atoms with E-state index in [9.17, 15) is 8.42 Å². The van der Waals surface area contributed by atoms with E-state index in [1.165, 1.54) is 15.6 Å². The number of nitrogens with zero attached hydrogens (tertiary/aromatic N) is 2. The average molecular weight is 276 g/mol. The van der Waals surface area contributed by atoms with E-state index in [0.29, 0.717) is 26.2 Å². The largest absolute Gasteiger partial charge is 0.314 e. The number of aromatic nitrogens is 1. The van der Waals surface area contributed by atoms with Gasteiger partial charge in [0.25, 0.3) is 10.2 Å². The monoisotopic (exact) mass is 276 g/mol. The van der Waals surface area contributed by atoms with E-state index >= 15 is 0 Å². The van der Waals surface area contributed by atoms with Gasteiger partial charge in [0.1, 0.15) is 0 Å². The van der Waals surface area contributed by atoms with E-state index in [2.05, 4.69) is 15.0 Å². The lowest BCUT2D eigenvalue weighted by Crippen LogP contribution is -2.50. The molecule has 2 heterocycles. The quantitative estimate of drug-likeness (QED) is 0.791. The molecule has 0 spiro atoms. The van der Waals surface area contributed by atoms with Gasteiger partial charge in [-0.1, -0.05) is 0 Å². The first-order valence-electron chi connectivity index (χ1n) is 5.44. The van der Waals surface area contributed by atoms with Gasteiger partial charge in [0, 0.05) is 31.6 Å². The molecule has 0 atom stereocenters. The number of rotatable bonds is 4. The molecule has 6 nitrogen and oxygen atoms in total. The molecular formula is C9H16N4O2S2. The van der Waals surface area contributed by atoms with Crippen molar-refractivity contribution in [3.63, 3.8) is 0 Å². The minimum atomic E-state index is -3.36. The smallest absolute Gasteiger partial charge is 0.279 e. The summed E-state index contributed by atoms with van der Waals surface area (Å²) in [6.45, 7) is 4.61. The first-order valence-corrected chi connectivity index (χ1v) is 7.76. The van der Waals surface area contributed by atoms with E-state index in [-0.39, 0.29) is 6.54 Å². The molecule has 0 radical (unpaired) electrons. The van der Waals surface area contributed by atoms with Crippen molar-refractivity contribution < 1.29 is 8.42 Å². The van der Waals surface area contributed by atoms with Gasteiger partial charge < -0.3 is 5.32 Å². The summed E-state index contributed by atoms with van der Waals surface area (Å²) in [6, 6.07) is 0. The van der Waals surface area contributed by atoms with Gasteiger partial charge in [0.2, 0.25) is 0 Å². The number of aryl methyl sites for hydroxylation is 1. The van der Waals surface area contributed by atoms with Crippen molar-refractivity contribution in [2.75, 3.05) is 26.2 Å². The molecule has 1 fully saturated rings. The standard InChI is InChI=1S/C9H16N4O2S2/c1-8-12-9(7-16-8)6-11-17(14,15)13-4-2-10-3-5-13/h7,10-11H,2-6H2,1H3. The topological polar surface area (TPSA) is 74.3 Å². The van der Waals surface area contributed by atoms with Crippen LogP contribution in [0.25, 0.3) is 0 Å². The van der Waals surface area contributed by atoms with Gasteiger partial charge in [-0.2, -0.15) is 17.4 Å². The van der Waals surface area contributed by atoms with E-state index in [4.69, 9.17) is 0 Å². The van der Waals surface area contributed by atoms with E-state index in [1.54, 1.807) is 0 Å². The van der Waals surface area contributed by atoms with Crippen molar-refractivity contribution in [1.82, 2.24) is 19.3 Å². The molecule has 1 aliphatic rings. The Morgan fingerprint density at radius 1 is 1.53 bits per heavy atom. The highest BCUT2D eigenvalue weighted by atomic mass is 32.2. The number of thiazole rings is 1. The highest BCUT2D eigenvalue weighted by Gasteiger charge is 2.23. The zero-order valence-electron chi connectivity index (χ0n) is 9.64. The van der Waals surface area contributed by atoms with Crippen LogP contribution in [0.15, 0.2) is 5.38 Å². The average Bonchev–Trinajstić information content (AvgIpc) is 2.74. The van der Waals surface area contributed by atoms with Crippen molar-refractivity contribution >= 4 is 21.5 Å². The molecule has 0 aliphatic carbocycles. The molecule has 17 heavy (non-hydrogen) atoms. The van der Waals surface area contributed by atoms with Crippen LogP contribution in [0.4, 0.5) is 0 Å². The minimum absolute atomic E-state index is 0.261. The van der Waals surface area contributed by atoms with Crippen LogP contribution in [0.3, 0.4) is 0 Å². The first-order chi connectivity index (χ1) is 8.08. The summed E-state index contributed by atoms with van der Waals surface area (Å²) in [6.07, 6.45) is 0. The zero-order valence-corrected chi connectivity index (χ0v) is 11.3. The van der Waals surface area contributed by atoms with Crippen molar-refractivity contribution in [3.8, 4) is 0 Å². The lowest BCUT2D eigenvalue weighted by molar-refractivity contribution is 0.354. The van der Waals surface area contributed by atoms with Crippen molar-refractivity contribution in [1.29, 1.82) is 0 Å². The Labute approximate surface area is 105 Å². The highest BCUT2D eigenvalue weighted by Crippen LogP contribution is 2.08. The third kappa shape index (κ3) is 3.46. The molecular weight excluding hydrogens is 260 g/mol. The Bertz CT molecular complexity index is 465. The maximum Gasteiger partial charge on any atom is 0.279 e. The number of hydrogen-bond acceptors (Lipinski definition) is 5. The lowest BCUT2D eigenvalue weighted by atomic mass is 10.4. The molecule has 1 aromatic heterocycles. The molecule has 1 aliphatic heterocycles. The van der Waals surface area contributed by atoms with E-state index in [1.807, 2.05) is 12.3 Å². The van der Waals surface area contributed by atoms with Gasteiger partial charge in [-0.25, -0.2) is 4.98 Å². The number of piperazine rings is 1. The second-order valence-corrected chi connectivity index (χ2v) is 6.65. The van der Waals surface area contributed by atoms with Gasteiger partial charge >= 0.3 is 0 Å². The second kappa shape index (κ2) is 5.40. The van der Waals surface area contributed by atoms with Gasteiger partial charge in [-0.05, 0) is 6.92 Å². The van der Waals surface area contributed by atoms with Crippen molar-refractivity contribution in [3.05, 3.63) is 16.1 Å². The molecule has 1 saturated heterocycles. The highest BCUT2D eigenvalue weighted by molar-refractivity contribution is 7.87. The predicted molar refractivity (Wildman–Crippen MR) is 67.1 cm³/mol. The summed E-state index contributed by atoms with van der Waals surface area (Å²) in [5.74, 6) is 0. The summed E-state index contributed by atoms with van der Waals surface area (Å²) in [5.41, 5.74) is 0.770. The van der Waals surface area contributed by atoms with Gasteiger partial charge in [0.05, 0.1) is 17.2 Å². The Morgan fingerprint density at radius 2 is 2.24 bits per heavy atom. The normalized spacial score (nSPS) is 18.4. The molecule has 2 rings (SSSR count). The summed E-state index contributed by atoms with van der Waals surface area (Å²) in [5, 5.41) is 5.94. The van der Waals surface area contributed by atoms with Crippen LogP contribution in [-0.4, -0.2) is 43.9 Å². The fourth-order valence-electron chi connectivity index (χ4n) is 1.63. The van der Waals surface area contributed by atoms with Crippen LogP contribution >= 0.6 is 11.3 Å². The molecule has 0 amide bonds. The second-order valence-electron chi connectivity index (χ2n) is 3.83. The Morgan fingerprint density at radius 3 is 2.82 bits per heavy atom. The Hall–Kier alpha value is -0.540. The van der Waals surface area contributed by atoms with Crippen LogP contribution < -0.4 is 10.0 Å². The lowest BCUT2D eigenvalue weighted by Gasteiger charge is -2.26. The molecule has 0 unspecified atom stereocenters. The number of hydrogen-bond donors (Lipinski definition) is 2.